The fourth-order valence-electron chi connectivity index (χ4n) is 2.00. The first kappa shape index (κ1) is 14.5. The van der Waals surface area contributed by atoms with Gasteiger partial charge in [-0.2, -0.15) is 0 Å². The van der Waals surface area contributed by atoms with Crippen molar-refractivity contribution < 1.29 is 13.5 Å². The third-order valence-electron chi connectivity index (χ3n) is 3.05. The summed E-state index contributed by atoms with van der Waals surface area (Å²) >= 11 is 0. The van der Waals surface area contributed by atoms with Crippen LogP contribution in [0, 0.1) is 11.6 Å². The topological polar surface area (TPSA) is 35.2 Å². The van der Waals surface area contributed by atoms with E-state index in [-0.39, 0.29) is 5.75 Å². The van der Waals surface area contributed by atoms with Crippen LogP contribution in [0.15, 0.2) is 42.5 Å². The van der Waals surface area contributed by atoms with Gasteiger partial charge in [-0.25, -0.2) is 8.78 Å². The van der Waals surface area contributed by atoms with Crippen LogP contribution in [-0.2, 0) is 6.42 Å². The molecule has 0 aliphatic carbocycles. The van der Waals surface area contributed by atoms with E-state index in [0.717, 1.165) is 5.56 Å². The summed E-state index contributed by atoms with van der Waals surface area (Å²) in [5.41, 5.74) is 6.77. The summed E-state index contributed by atoms with van der Waals surface area (Å²) in [6, 6.07) is 11.8. The smallest absolute Gasteiger partial charge is 0.191 e. The number of hydrogen-bond donors (Lipinski definition) is 1. The number of nitrogens with two attached hydrogens (primary N) is 1. The second-order valence-electron chi connectivity index (χ2n) is 4.60. The number of ether oxygens (including phenoxy) is 1. The second kappa shape index (κ2) is 6.48. The Morgan fingerprint density at radius 3 is 2.25 bits per heavy atom. The molecular weight excluding hydrogens is 260 g/mol. The minimum absolute atomic E-state index is 0.345. The van der Waals surface area contributed by atoms with E-state index in [1.807, 2.05) is 30.3 Å². The van der Waals surface area contributed by atoms with Gasteiger partial charge in [0.1, 0.15) is 6.10 Å². The van der Waals surface area contributed by atoms with Crippen molar-refractivity contribution in [1.82, 2.24) is 0 Å². The van der Waals surface area contributed by atoms with Gasteiger partial charge in [-0.3, -0.25) is 0 Å². The average Bonchev–Trinajstić information content (AvgIpc) is 2.44. The van der Waals surface area contributed by atoms with Crippen molar-refractivity contribution in [2.24, 2.45) is 5.73 Å². The Kier molecular flexibility index (Phi) is 4.69. The first-order valence-electron chi connectivity index (χ1n) is 6.51. The molecule has 0 saturated heterocycles. The van der Waals surface area contributed by atoms with Crippen molar-refractivity contribution in [2.75, 3.05) is 6.54 Å². The van der Waals surface area contributed by atoms with Crippen LogP contribution in [0.25, 0.3) is 0 Å². The third kappa shape index (κ3) is 3.33. The maximum absolute atomic E-state index is 13.9. The molecule has 0 radical (unpaired) electrons. The van der Waals surface area contributed by atoms with Crippen LogP contribution in [0.5, 0.6) is 5.75 Å². The van der Waals surface area contributed by atoms with E-state index in [1.165, 1.54) is 12.1 Å². The minimum atomic E-state index is -0.698. The maximum atomic E-state index is 13.9. The van der Waals surface area contributed by atoms with Crippen molar-refractivity contribution in [3.05, 3.63) is 65.2 Å². The highest BCUT2D eigenvalue weighted by Crippen LogP contribution is 2.28. The van der Waals surface area contributed by atoms with E-state index in [9.17, 15) is 8.78 Å². The first-order chi connectivity index (χ1) is 9.61. The lowest BCUT2D eigenvalue weighted by Crippen LogP contribution is -2.08. The molecule has 0 aliphatic heterocycles. The Balaban J connectivity index is 2.21. The molecule has 2 aromatic rings. The largest absolute Gasteiger partial charge is 0.480 e. The Morgan fingerprint density at radius 1 is 1.10 bits per heavy atom. The lowest BCUT2D eigenvalue weighted by Gasteiger charge is -2.16. The van der Waals surface area contributed by atoms with Gasteiger partial charge in [0.15, 0.2) is 17.4 Å². The second-order valence-corrected chi connectivity index (χ2v) is 4.60. The molecule has 0 heterocycles. The molecule has 0 aromatic heterocycles. The molecule has 2 nitrogen and oxygen atoms in total. The fourth-order valence-corrected chi connectivity index (χ4v) is 2.00. The highest BCUT2D eigenvalue weighted by Gasteiger charge is 2.16. The molecule has 2 N–H and O–H groups in total. The van der Waals surface area contributed by atoms with Crippen molar-refractivity contribution in [3.8, 4) is 5.75 Å². The van der Waals surface area contributed by atoms with Crippen LogP contribution in [0.1, 0.15) is 24.2 Å². The van der Waals surface area contributed by atoms with Gasteiger partial charge in [-0.05, 0) is 43.1 Å². The highest BCUT2D eigenvalue weighted by molar-refractivity contribution is 5.32. The molecular formula is C16H17F2NO. The standard InChI is InChI=1S/C16H17F2NO/c1-11(13-5-3-2-4-6-13)20-16-14(17)9-12(7-8-19)10-15(16)18/h2-6,9-11H,7-8,19H2,1H3. The van der Waals surface area contributed by atoms with Gasteiger partial charge < -0.3 is 10.5 Å². The van der Waals surface area contributed by atoms with Crippen molar-refractivity contribution >= 4 is 0 Å². The van der Waals surface area contributed by atoms with Crippen molar-refractivity contribution in [2.45, 2.75) is 19.4 Å². The summed E-state index contributed by atoms with van der Waals surface area (Å²) in [7, 11) is 0. The van der Waals surface area contributed by atoms with E-state index < -0.39 is 17.7 Å². The molecule has 0 fully saturated rings. The van der Waals surface area contributed by atoms with Crippen molar-refractivity contribution in [1.29, 1.82) is 0 Å². The molecule has 0 bridgehead atoms. The van der Waals surface area contributed by atoms with E-state index >= 15 is 0 Å². The monoisotopic (exact) mass is 277 g/mol. The highest BCUT2D eigenvalue weighted by atomic mass is 19.1. The molecule has 0 spiro atoms. The van der Waals surface area contributed by atoms with Gasteiger partial charge in [-0.1, -0.05) is 30.3 Å². The van der Waals surface area contributed by atoms with E-state index in [4.69, 9.17) is 10.5 Å². The number of rotatable bonds is 5. The summed E-state index contributed by atoms with van der Waals surface area (Å²) in [6.07, 6.45) is 0.00286. The zero-order valence-corrected chi connectivity index (χ0v) is 11.3. The predicted molar refractivity (Wildman–Crippen MR) is 74.6 cm³/mol. The normalized spacial score (nSPS) is 12.2. The average molecular weight is 277 g/mol. The summed E-state index contributed by atoms with van der Waals surface area (Å²) < 4.78 is 33.2. The third-order valence-corrected chi connectivity index (χ3v) is 3.05. The SMILES string of the molecule is CC(Oc1c(F)cc(CCN)cc1F)c1ccccc1. The van der Waals surface area contributed by atoms with Crippen LogP contribution < -0.4 is 10.5 Å². The van der Waals surface area contributed by atoms with E-state index in [0.29, 0.717) is 18.5 Å². The van der Waals surface area contributed by atoms with Crippen LogP contribution in [0.2, 0.25) is 0 Å². The Morgan fingerprint density at radius 2 is 1.70 bits per heavy atom. The van der Waals surface area contributed by atoms with Crippen LogP contribution >= 0.6 is 0 Å². The molecule has 2 rings (SSSR count). The molecule has 0 aliphatic rings. The lowest BCUT2D eigenvalue weighted by atomic mass is 10.1. The molecule has 2 aromatic carbocycles. The van der Waals surface area contributed by atoms with Gasteiger partial charge in [0.2, 0.25) is 0 Å². The van der Waals surface area contributed by atoms with Crippen LogP contribution in [0.3, 0.4) is 0 Å². The Labute approximate surface area is 117 Å². The Hall–Kier alpha value is -1.94. The molecule has 0 amide bonds. The van der Waals surface area contributed by atoms with Gasteiger partial charge in [0.05, 0.1) is 0 Å². The molecule has 4 heteroatoms. The summed E-state index contributed by atoms with van der Waals surface area (Å²) in [4.78, 5) is 0. The Bertz CT molecular complexity index is 549. The van der Waals surface area contributed by atoms with Gasteiger partial charge >= 0.3 is 0 Å². The molecule has 106 valence electrons. The van der Waals surface area contributed by atoms with Crippen molar-refractivity contribution in [3.63, 3.8) is 0 Å². The quantitative estimate of drug-likeness (QED) is 0.906. The lowest BCUT2D eigenvalue weighted by molar-refractivity contribution is 0.205. The summed E-state index contributed by atoms with van der Waals surface area (Å²) in [6.45, 7) is 2.10. The summed E-state index contributed by atoms with van der Waals surface area (Å²) in [5.74, 6) is -1.74. The minimum Gasteiger partial charge on any atom is -0.480 e. The van der Waals surface area contributed by atoms with E-state index in [1.54, 1.807) is 6.92 Å². The van der Waals surface area contributed by atoms with Crippen LogP contribution in [0.4, 0.5) is 8.78 Å². The number of benzene rings is 2. The molecule has 1 atom stereocenters. The van der Waals surface area contributed by atoms with Gasteiger partial charge in [0.25, 0.3) is 0 Å². The first-order valence-corrected chi connectivity index (χ1v) is 6.51. The van der Waals surface area contributed by atoms with Gasteiger partial charge in [-0.15, -0.1) is 0 Å². The maximum Gasteiger partial charge on any atom is 0.191 e. The van der Waals surface area contributed by atoms with E-state index in [2.05, 4.69) is 0 Å². The molecule has 0 saturated carbocycles. The molecule has 20 heavy (non-hydrogen) atoms. The summed E-state index contributed by atoms with van der Waals surface area (Å²) in [5, 5.41) is 0. The zero-order chi connectivity index (χ0) is 14.5. The number of hydrogen-bond acceptors (Lipinski definition) is 2. The fraction of sp³-hybridized carbons (Fsp3) is 0.250. The zero-order valence-electron chi connectivity index (χ0n) is 11.3. The molecule has 1 unspecified atom stereocenters. The predicted octanol–water partition coefficient (Wildman–Crippen LogP) is 3.61. The van der Waals surface area contributed by atoms with Gasteiger partial charge in [0, 0.05) is 0 Å². The van der Waals surface area contributed by atoms with Crippen LogP contribution in [-0.4, -0.2) is 6.54 Å². The number of halogens is 2.